The van der Waals surface area contributed by atoms with E-state index in [-0.39, 0.29) is 36.4 Å². The minimum atomic E-state index is -0.752. The van der Waals surface area contributed by atoms with E-state index in [4.69, 9.17) is 4.74 Å². The maximum atomic E-state index is 12.9. The molecule has 1 aliphatic carbocycles. The number of hydrogen-bond acceptors (Lipinski definition) is 9. The van der Waals surface area contributed by atoms with Crippen molar-refractivity contribution < 1.29 is 24.2 Å². The van der Waals surface area contributed by atoms with Gasteiger partial charge in [0.05, 0.1) is 6.04 Å². The van der Waals surface area contributed by atoms with Crippen molar-refractivity contribution in [1.82, 2.24) is 20.5 Å². The van der Waals surface area contributed by atoms with Crippen LogP contribution in [0.2, 0.25) is 0 Å². The number of aryl methyl sites for hydroxylation is 1. The number of amides is 3. The molecular weight excluding hydrogens is 693 g/mol. The summed E-state index contributed by atoms with van der Waals surface area (Å²) in [6.07, 6.45) is 4.83. The first-order valence-electron chi connectivity index (χ1n) is 19.9. The molecule has 3 N–H and O–H groups in total. The first kappa shape index (κ1) is 35.3. The molecule has 3 fully saturated rings. The molecule has 9 rings (SSSR count). The molecule has 3 amide bonds. The van der Waals surface area contributed by atoms with Crippen LogP contribution in [-0.2, 0) is 16.0 Å². The van der Waals surface area contributed by atoms with Gasteiger partial charge in [-0.3, -0.25) is 24.6 Å². The molecule has 0 spiro atoms. The van der Waals surface area contributed by atoms with Crippen LogP contribution >= 0.6 is 0 Å². The van der Waals surface area contributed by atoms with E-state index in [1.165, 1.54) is 27.9 Å². The van der Waals surface area contributed by atoms with Gasteiger partial charge in [-0.15, -0.1) is 0 Å². The molecule has 0 bridgehead atoms. The molecule has 11 nitrogen and oxygen atoms in total. The number of ether oxygens (including phenoxy) is 1. The molecule has 4 atom stereocenters. The van der Waals surface area contributed by atoms with Gasteiger partial charge in [-0.25, -0.2) is 4.98 Å². The van der Waals surface area contributed by atoms with Gasteiger partial charge in [0.2, 0.25) is 17.7 Å². The standard InChI is InChI=1S/C44H48N6O5/c51-34-11-13-36-31(24-34)8-12-35(29-4-2-1-3-5-29)41(36)30-6-9-32(10-7-30)49-20-18-28(19-21-49)25-48-22-23-50-33(26-48)27-55-44-39(50)16-14-38(46-44)42(53)45-37-15-17-40(52)47-43(37)54/h1-7,9-11,13-14,16,24,28,33,35,37,41,51H,8,12,15,17-23,25-27H2,(H,45,53)(H,47,52,54)/t33-,35-,37+,41+/m1/s1. The number of benzene rings is 3. The van der Waals surface area contributed by atoms with Crippen LogP contribution in [0.25, 0.3) is 0 Å². The van der Waals surface area contributed by atoms with Gasteiger partial charge in [0, 0.05) is 57.3 Å². The maximum absolute atomic E-state index is 12.9. The molecule has 3 saturated heterocycles. The smallest absolute Gasteiger partial charge is 0.270 e. The van der Waals surface area contributed by atoms with E-state index in [9.17, 15) is 19.5 Å². The predicted octanol–water partition coefficient (Wildman–Crippen LogP) is 4.98. The van der Waals surface area contributed by atoms with E-state index >= 15 is 0 Å². The number of imide groups is 1. The van der Waals surface area contributed by atoms with Crippen molar-refractivity contribution >= 4 is 29.1 Å². The SMILES string of the molecule is O=C1CC[C@H](NC(=O)c2ccc3c(n2)OC[C@H]2CN(CC4CCN(c5ccc([C@@H]6c7ccc(O)cc7CC[C@@H]6c6ccccc6)cc5)CC4)CCN32)C(=O)N1. The van der Waals surface area contributed by atoms with Crippen LogP contribution in [-0.4, -0.2) is 90.7 Å². The Morgan fingerprint density at radius 1 is 0.873 bits per heavy atom. The lowest BCUT2D eigenvalue weighted by Crippen LogP contribution is -2.58. The largest absolute Gasteiger partial charge is 0.508 e. The number of fused-ring (bicyclic) bond motifs is 4. The molecule has 5 heterocycles. The Labute approximate surface area is 321 Å². The third-order valence-electron chi connectivity index (χ3n) is 12.5. The minimum absolute atomic E-state index is 0.191. The molecular formula is C44H48N6O5. The van der Waals surface area contributed by atoms with Crippen molar-refractivity contribution in [3.8, 4) is 11.6 Å². The summed E-state index contributed by atoms with van der Waals surface area (Å²) in [5.74, 6) is 0.817. The van der Waals surface area contributed by atoms with Gasteiger partial charge >= 0.3 is 0 Å². The number of anilines is 2. The minimum Gasteiger partial charge on any atom is -0.508 e. The zero-order valence-corrected chi connectivity index (χ0v) is 31.0. The fraction of sp³-hybridized carbons (Fsp3) is 0.409. The van der Waals surface area contributed by atoms with Crippen LogP contribution in [0.5, 0.6) is 11.6 Å². The zero-order valence-electron chi connectivity index (χ0n) is 31.0. The van der Waals surface area contributed by atoms with Crippen molar-refractivity contribution in [2.24, 2.45) is 5.92 Å². The number of piperazine rings is 1. The van der Waals surface area contributed by atoms with Crippen molar-refractivity contribution in [2.75, 3.05) is 55.7 Å². The van der Waals surface area contributed by atoms with Crippen molar-refractivity contribution in [3.63, 3.8) is 0 Å². The number of carbonyl (C=O) groups excluding carboxylic acids is 3. The normalized spacial score (nSPS) is 24.2. The number of nitrogens with zero attached hydrogens (tertiary/aromatic N) is 4. The highest BCUT2D eigenvalue weighted by atomic mass is 16.5. The molecule has 11 heteroatoms. The van der Waals surface area contributed by atoms with E-state index in [1.54, 1.807) is 6.07 Å². The number of phenolic OH excluding ortho intramolecular Hbond substituents is 1. The molecule has 1 aromatic heterocycles. The van der Waals surface area contributed by atoms with Gasteiger partial charge in [0.1, 0.15) is 29.8 Å². The Kier molecular flexibility index (Phi) is 9.64. The Hall–Kier alpha value is -5.42. The lowest BCUT2D eigenvalue weighted by molar-refractivity contribution is -0.134. The number of aromatic nitrogens is 1. The first-order valence-corrected chi connectivity index (χ1v) is 19.9. The van der Waals surface area contributed by atoms with Crippen LogP contribution in [0.4, 0.5) is 11.4 Å². The number of pyridine rings is 1. The fourth-order valence-corrected chi connectivity index (χ4v) is 9.58. The highest BCUT2D eigenvalue weighted by molar-refractivity contribution is 6.03. The number of carbonyl (C=O) groups is 3. The summed E-state index contributed by atoms with van der Waals surface area (Å²) in [6, 6.07) is 29.2. The van der Waals surface area contributed by atoms with Gasteiger partial charge in [-0.1, -0.05) is 48.5 Å². The van der Waals surface area contributed by atoms with Crippen molar-refractivity contribution in [3.05, 3.63) is 113 Å². The molecule has 0 saturated carbocycles. The number of hydrogen-bond donors (Lipinski definition) is 3. The van der Waals surface area contributed by atoms with Crippen molar-refractivity contribution in [2.45, 2.75) is 62.4 Å². The zero-order chi connectivity index (χ0) is 37.5. The predicted molar refractivity (Wildman–Crippen MR) is 210 cm³/mol. The highest BCUT2D eigenvalue weighted by Gasteiger charge is 2.36. The van der Waals surface area contributed by atoms with Gasteiger partial charge in [0.15, 0.2) is 0 Å². The lowest BCUT2D eigenvalue weighted by atomic mass is 9.69. The van der Waals surface area contributed by atoms with Gasteiger partial charge in [-0.2, -0.15) is 0 Å². The van der Waals surface area contributed by atoms with Crippen LogP contribution in [0.3, 0.4) is 0 Å². The number of aromatic hydroxyl groups is 1. The number of phenols is 1. The van der Waals surface area contributed by atoms with Crippen LogP contribution in [0.15, 0.2) is 84.9 Å². The van der Waals surface area contributed by atoms with Crippen LogP contribution in [0.1, 0.15) is 76.7 Å². The molecule has 0 unspecified atom stereocenters. The van der Waals surface area contributed by atoms with Gasteiger partial charge in [0.25, 0.3) is 5.91 Å². The Bertz CT molecular complexity index is 2070. The Morgan fingerprint density at radius 2 is 1.69 bits per heavy atom. The molecule has 4 aliphatic heterocycles. The number of rotatable bonds is 7. The Balaban J connectivity index is 0.788. The van der Waals surface area contributed by atoms with E-state index in [2.05, 4.69) is 91.0 Å². The number of piperidine rings is 2. The molecule has 0 radical (unpaired) electrons. The summed E-state index contributed by atoms with van der Waals surface area (Å²) in [5, 5.41) is 15.2. The summed E-state index contributed by atoms with van der Waals surface area (Å²) in [4.78, 5) is 48.5. The molecule has 3 aromatic carbocycles. The van der Waals surface area contributed by atoms with E-state index in [0.717, 1.165) is 70.6 Å². The third-order valence-corrected chi connectivity index (χ3v) is 12.5. The average Bonchev–Trinajstić information content (AvgIpc) is 3.21. The maximum Gasteiger partial charge on any atom is 0.270 e. The third kappa shape index (κ3) is 7.25. The number of nitrogens with one attached hydrogen (secondary N) is 2. The monoisotopic (exact) mass is 740 g/mol. The molecule has 55 heavy (non-hydrogen) atoms. The second-order valence-electron chi connectivity index (χ2n) is 15.9. The fourth-order valence-electron chi connectivity index (χ4n) is 9.58. The van der Waals surface area contributed by atoms with Gasteiger partial charge < -0.3 is 25.0 Å². The molecule has 5 aliphatic rings. The highest BCUT2D eigenvalue weighted by Crippen LogP contribution is 2.47. The topological polar surface area (TPSA) is 127 Å². The summed E-state index contributed by atoms with van der Waals surface area (Å²) in [7, 11) is 0. The van der Waals surface area contributed by atoms with Gasteiger partial charge in [-0.05, 0) is 103 Å². The van der Waals surface area contributed by atoms with Crippen LogP contribution < -0.4 is 25.2 Å². The molecule has 284 valence electrons. The summed E-state index contributed by atoms with van der Waals surface area (Å²) in [5.41, 5.74) is 7.67. The van der Waals surface area contributed by atoms with Crippen LogP contribution in [0, 0.1) is 5.92 Å². The summed E-state index contributed by atoms with van der Waals surface area (Å²) < 4.78 is 6.11. The van der Waals surface area contributed by atoms with E-state index in [1.807, 2.05) is 18.2 Å². The van der Waals surface area contributed by atoms with Crippen molar-refractivity contribution in [1.29, 1.82) is 0 Å². The Morgan fingerprint density at radius 3 is 2.49 bits per heavy atom. The second kappa shape index (κ2) is 15.0. The lowest BCUT2D eigenvalue weighted by Gasteiger charge is -2.46. The average molecular weight is 741 g/mol. The summed E-state index contributed by atoms with van der Waals surface area (Å²) >= 11 is 0. The first-order chi connectivity index (χ1) is 26.9. The summed E-state index contributed by atoms with van der Waals surface area (Å²) in [6.45, 7) is 6.44. The second-order valence-corrected chi connectivity index (χ2v) is 15.9. The quantitative estimate of drug-likeness (QED) is 0.225. The van der Waals surface area contributed by atoms with E-state index in [0.29, 0.717) is 30.1 Å². The van der Waals surface area contributed by atoms with E-state index < -0.39 is 17.9 Å². The molecule has 4 aromatic rings.